The van der Waals surface area contributed by atoms with Crippen LogP contribution in [0.4, 0.5) is 10.5 Å². The van der Waals surface area contributed by atoms with Crippen LogP contribution in [-0.4, -0.2) is 34.7 Å². The van der Waals surface area contributed by atoms with Gasteiger partial charge in [-0.05, 0) is 31.4 Å². The molecule has 0 saturated heterocycles. The molecule has 0 spiro atoms. The highest BCUT2D eigenvalue weighted by Crippen LogP contribution is 2.33. The number of amides is 1. The molecule has 10 heteroatoms. The first-order chi connectivity index (χ1) is 14.4. The second-order valence-electron chi connectivity index (χ2n) is 6.78. The van der Waals surface area contributed by atoms with Gasteiger partial charge in [-0.1, -0.05) is 18.2 Å². The number of nitrogens with zero attached hydrogens (tertiary/aromatic N) is 1. The lowest BCUT2D eigenvalue weighted by atomic mass is 10.1. The molecule has 1 amide bonds. The lowest BCUT2D eigenvalue weighted by molar-refractivity contribution is -0.385. The number of fused-ring (bicyclic) bond motifs is 3. The number of benzene rings is 2. The van der Waals surface area contributed by atoms with Crippen molar-refractivity contribution in [2.75, 3.05) is 6.54 Å². The van der Waals surface area contributed by atoms with Crippen molar-refractivity contribution in [3.8, 4) is 0 Å². The monoisotopic (exact) mass is 415 g/mol. The van der Waals surface area contributed by atoms with Crippen molar-refractivity contribution >= 4 is 39.7 Å². The number of carbonyl (C=O) groups is 2. The maximum absolute atomic E-state index is 11.9. The number of nitrogens with one attached hydrogen (secondary N) is 1. The zero-order valence-corrected chi connectivity index (χ0v) is 16.0. The molecule has 0 aliphatic rings. The molecule has 0 aliphatic heterocycles. The second kappa shape index (κ2) is 9.23. The van der Waals surface area contributed by atoms with Crippen molar-refractivity contribution in [3.05, 3.63) is 52.1 Å². The SMILES string of the molecule is N[C@@H](CCCCNC(=O)OCc1cc2c(cc1[N+](=O)[O-])oc1ccccc12)C(=O)O. The van der Waals surface area contributed by atoms with Gasteiger partial charge in [0.2, 0.25) is 0 Å². The Balaban J connectivity index is 1.61. The Bertz CT molecular complexity index is 1090. The van der Waals surface area contributed by atoms with Gasteiger partial charge in [0.1, 0.15) is 23.8 Å². The number of furan rings is 1. The molecule has 1 atom stereocenters. The van der Waals surface area contributed by atoms with Gasteiger partial charge in [0.25, 0.3) is 5.69 Å². The summed E-state index contributed by atoms with van der Waals surface area (Å²) < 4.78 is 10.8. The first-order valence-corrected chi connectivity index (χ1v) is 9.34. The highest BCUT2D eigenvalue weighted by atomic mass is 16.6. The zero-order valence-electron chi connectivity index (χ0n) is 16.0. The van der Waals surface area contributed by atoms with Crippen molar-refractivity contribution in [3.63, 3.8) is 0 Å². The molecule has 0 bridgehead atoms. The van der Waals surface area contributed by atoms with Gasteiger partial charge in [0.15, 0.2) is 0 Å². The van der Waals surface area contributed by atoms with Gasteiger partial charge >= 0.3 is 12.1 Å². The van der Waals surface area contributed by atoms with E-state index in [-0.39, 0.29) is 24.4 Å². The third-order valence-electron chi connectivity index (χ3n) is 4.66. The number of alkyl carbamates (subject to hydrolysis) is 1. The number of rotatable bonds is 9. The smallest absolute Gasteiger partial charge is 0.407 e. The standard InChI is InChI=1S/C20H21N3O7/c21-15(19(24)25)6-3-4-8-22-20(26)29-11-12-9-14-13-5-1-2-7-17(13)30-18(14)10-16(12)23(27)28/h1-2,5,7,9-10,15H,3-4,6,8,11,21H2,(H,22,26)(H,24,25)/t15-/m0/s1. The summed E-state index contributed by atoms with van der Waals surface area (Å²) in [6.45, 7) is 0.000149. The third-order valence-corrected chi connectivity index (χ3v) is 4.66. The molecule has 30 heavy (non-hydrogen) atoms. The van der Waals surface area contributed by atoms with E-state index in [0.29, 0.717) is 35.8 Å². The number of aliphatic carboxylic acids is 1. The molecule has 0 radical (unpaired) electrons. The molecule has 158 valence electrons. The van der Waals surface area contributed by atoms with Crippen LogP contribution in [0.5, 0.6) is 0 Å². The second-order valence-corrected chi connectivity index (χ2v) is 6.78. The fourth-order valence-electron chi connectivity index (χ4n) is 3.09. The summed E-state index contributed by atoms with van der Waals surface area (Å²) in [4.78, 5) is 33.4. The summed E-state index contributed by atoms with van der Waals surface area (Å²) in [6, 6.07) is 9.27. The van der Waals surface area contributed by atoms with Gasteiger partial charge in [-0.25, -0.2) is 4.79 Å². The Morgan fingerprint density at radius 3 is 2.70 bits per heavy atom. The van der Waals surface area contributed by atoms with Crippen molar-refractivity contribution in [1.29, 1.82) is 0 Å². The number of unbranched alkanes of at least 4 members (excludes halogenated alkanes) is 1. The number of nitro benzene ring substituents is 1. The average Bonchev–Trinajstić information content (AvgIpc) is 3.08. The van der Waals surface area contributed by atoms with E-state index in [1.165, 1.54) is 6.07 Å². The maximum atomic E-state index is 11.9. The van der Waals surface area contributed by atoms with E-state index in [1.807, 2.05) is 18.2 Å². The molecule has 1 heterocycles. The fraction of sp³-hybridized carbons (Fsp3) is 0.300. The van der Waals surface area contributed by atoms with Crippen LogP contribution in [0.15, 0.2) is 40.8 Å². The minimum atomic E-state index is -1.06. The van der Waals surface area contributed by atoms with Gasteiger partial charge in [-0.15, -0.1) is 0 Å². The summed E-state index contributed by atoms with van der Waals surface area (Å²) in [5.41, 5.74) is 6.45. The molecule has 2 aromatic carbocycles. The van der Waals surface area contributed by atoms with Crippen LogP contribution in [0.3, 0.4) is 0 Å². The van der Waals surface area contributed by atoms with Crippen molar-refractivity contribution in [2.45, 2.75) is 31.9 Å². The van der Waals surface area contributed by atoms with Gasteiger partial charge in [0.05, 0.1) is 16.6 Å². The Kier molecular flexibility index (Phi) is 6.48. The Labute approximate surface area is 170 Å². The molecular weight excluding hydrogens is 394 g/mol. The van der Waals surface area contributed by atoms with Crippen molar-refractivity contribution in [1.82, 2.24) is 5.32 Å². The Morgan fingerprint density at radius 1 is 1.20 bits per heavy atom. The molecule has 0 saturated carbocycles. The zero-order chi connectivity index (χ0) is 21.7. The minimum absolute atomic E-state index is 0.197. The van der Waals surface area contributed by atoms with Crippen molar-refractivity contribution < 1.29 is 28.8 Å². The van der Waals surface area contributed by atoms with E-state index in [9.17, 15) is 19.7 Å². The maximum Gasteiger partial charge on any atom is 0.407 e. The summed E-state index contributed by atoms with van der Waals surface area (Å²) in [7, 11) is 0. The number of carboxylic acid groups (broad SMARTS) is 1. The fourth-order valence-corrected chi connectivity index (χ4v) is 3.09. The summed E-state index contributed by atoms with van der Waals surface area (Å²) in [6.07, 6.45) is 0.646. The van der Waals surface area contributed by atoms with Crippen LogP contribution in [-0.2, 0) is 16.1 Å². The molecule has 0 fully saturated rings. The number of nitro groups is 1. The highest BCUT2D eigenvalue weighted by molar-refractivity contribution is 6.05. The van der Waals surface area contributed by atoms with E-state index in [0.717, 1.165) is 5.39 Å². The minimum Gasteiger partial charge on any atom is -0.480 e. The van der Waals surface area contributed by atoms with Gasteiger partial charge in [-0.2, -0.15) is 0 Å². The normalized spacial score (nSPS) is 12.0. The number of hydrogen-bond acceptors (Lipinski definition) is 7. The summed E-state index contributed by atoms with van der Waals surface area (Å²) in [5, 5.41) is 24.2. The van der Waals surface area contributed by atoms with E-state index in [2.05, 4.69) is 5.32 Å². The van der Waals surface area contributed by atoms with Gasteiger partial charge in [-0.3, -0.25) is 14.9 Å². The molecule has 1 aromatic heterocycles. The number of carboxylic acids is 1. The van der Waals surface area contributed by atoms with E-state index >= 15 is 0 Å². The van der Waals surface area contributed by atoms with E-state index in [1.54, 1.807) is 12.1 Å². The molecule has 10 nitrogen and oxygen atoms in total. The average molecular weight is 415 g/mol. The largest absolute Gasteiger partial charge is 0.480 e. The predicted molar refractivity (Wildman–Crippen MR) is 108 cm³/mol. The highest BCUT2D eigenvalue weighted by Gasteiger charge is 2.20. The third kappa shape index (κ3) is 4.84. The molecular formula is C20H21N3O7. The molecule has 0 unspecified atom stereocenters. The van der Waals surface area contributed by atoms with E-state index < -0.39 is 23.0 Å². The predicted octanol–water partition coefficient (Wildman–Crippen LogP) is 3.30. The first kappa shape index (κ1) is 21.1. The van der Waals surface area contributed by atoms with Crippen LogP contribution in [0.25, 0.3) is 21.9 Å². The van der Waals surface area contributed by atoms with Crippen LogP contribution in [0, 0.1) is 10.1 Å². The summed E-state index contributed by atoms with van der Waals surface area (Å²) in [5.74, 6) is -1.06. The molecule has 3 aromatic rings. The van der Waals surface area contributed by atoms with Crippen molar-refractivity contribution in [2.24, 2.45) is 5.73 Å². The van der Waals surface area contributed by atoms with Gasteiger partial charge in [0, 0.05) is 17.3 Å². The van der Waals surface area contributed by atoms with Crippen LogP contribution < -0.4 is 11.1 Å². The molecule has 0 aliphatic carbocycles. The number of para-hydroxylation sites is 1. The summed E-state index contributed by atoms with van der Waals surface area (Å²) >= 11 is 0. The molecule has 4 N–H and O–H groups in total. The lowest BCUT2D eigenvalue weighted by Crippen LogP contribution is -2.30. The van der Waals surface area contributed by atoms with Gasteiger partial charge < -0.3 is 25.3 Å². The van der Waals surface area contributed by atoms with E-state index in [4.69, 9.17) is 20.0 Å². The first-order valence-electron chi connectivity index (χ1n) is 9.34. The Morgan fingerprint density at radius 2 is 1.97 bits per heavy atom. The quantitative estimate of drug-likeness (QED) is 0.273. The number of carbonyl (C=O) groups excluding carboxylic acids is 1. The molecule has 3 rings (SSSR count). The number of ether oxygens (including phenoxy) is 1. The number of nitrogens with two attached hydrogens (primary N) is 1. The van der Waals surface area contributed by atoms with Crippen LogP contribution in [0.1, 0.15) is 24.8 Å². The van der Waals surface area contributed by atoms with Crippen LogP contribution in [0.2, 0.25) is 0 Å². The lowest BCUT2D eigenvalue weighted by Gasteiger charge is -2.09. The Hall–Kier alpha value is -3.66. The topological polar surface area (TPSA) is 158 Å². The van der Waals surface area contributed by atoms with Crippen LogP contribution >= 0.6 is 0 Å². The number of hydrogen-bond donors (Lipinski definition) is 3.